The monoisotopic (exact) mass is 262 g/mol. The summed E-state index contributed by atoms with van der Waals surface area (Å²) in [7, 11) is 0. The zero-order chi connectivity index (χ0) is 12.4. The van der Waals surface area contributed by atoms with E-state index in [1.165, 1.54) is 17.8 Å². The van der Waals surface area contributed by atoms with Crippen LogP contribution in [0.5, 0.6) is 0 Å². The van der Waals surface area contributed by atoms with Crippen molar-refractivity contribution in [2.45, 2.75) is 25.8 Å². The van der Waals surface area contributed by atoms with Crippen molar-refractivity contribution >= 4 is 22.3 Å². The maximum atomic E-state index is 4.56. The maximum absolute atomic E-state index is 4.56. The average Bonchev–Trinajstić information content (AvgIpc) is 3.01. The van der Waals surface area contributed by atoms with Crippen molar-refractivity contribution in [3.63, 3.8) is 0 Å². The molecule has 2 aromatic heterocycles. The second-order valence-corrected chi connectivity index (χ2v) is 5.41. The zero-order valence-electron chi connectivity index (χ0n) is 10.1. The van der Waals surface area contributed by atoms with Crippen molar-refractivity contribution in [1.82, 2.24) is 25.5 Å². The Bertz CT molecular complexity index is 534. The van der Waals surface area contributed by atoms with Gasteiger partial charge in [0.05, 0.1) is 24.1 Å². The predicted molar refractivity (Wildman–Crippen MR) is 69.9 cm³/mol. The molecule has 0 aliphatic carbocycles. The molecule has 0 saturated carbocycles. The highest BCUT2D eigenvalue weighted by atomic mass is 32.1. The van der Waals surface area contributed by atoms with E-state index in [1.54, 1.807) is 6.20 Å². The van der Waals surface area contributed by atoms with E-state index in [4.69, 9.17) is 0 Å². The molecule has 3 rings (SSSR count). The fourth-order valence-corrected chi connectivity index (χ4v) is 2.60. The Morgan fingerprint density at radius 2 is 2.33 bits per heavy atom. The van der Waals surface area contributed by atoms with E-state index < -0.39 is 0 Å². The molecule has 3 heterocycles. The Labute approximate surface area is 109 Å². The zero-order valence-corrected chi connectivity index (χ0v) is 10.9. The lowest BCUT2D eigenvalue weighted by Crippen LogP contribution is -2.15. The van der Waals surface area contributed by atoms with Crippen molar-refractivity contribution in [3.8, 4) is 0 Å². The molecule has 2 N–H and O–H groups in total. The Morgan fingerprint density at radius 1 is 1.39 bits per heavy atom. The van der Waals surface area contributed by atoms with Crippen molar-refractivity contribution < 1.29 is 0 Å². The first-order valence-corrected chi connectivity index (χ1v) is 6.75. The van der Waals surface area contributed by atoms with Crippen molar-refractivity contribution in [2.24, 2.45) is 0 Å². The largest absolute Gasteiger partial charge is 0.313 e. The van der Waals surface area contributed by atoms with Crippen LogP contribution in [0.2, 0.25) is 0 Å². The average molecular weight is 262 g/mol. The minimum Gasteiger partial charge on any atom is -0.313 e. The van der Waals surface area contributed by atoms with Gasteiger partial charge in [0, 0.05) is 0 Å². The Hall–Kier alpha value is -1.60. The van der Waals surface area contributed by atoms with E-state index >= 15 is 0 Å². The van der Waals surface area contributed by atoms with E-state index in [2.05, 4.69) is 30.8 Å². The fraction of sp³-hybridized carbons (Fsp3) is 0.455. The summed E-state index contributed by atoms with van der Waals surface area (Å²) in [5.41, 5.74) is 0.985. The third-order valence-corrected chi connectivity index (χ3v) is 3.59. The lowest BCUT2D eigenvalue weighted by molar-refractivity contribution is 0.625. The van der Waals surface area contributed by atoms with Crippen LogP contribution in [0.4, 0.5) is 10.9 Å². The van der Waals surface area contributed by atoms with E-state index in [0.29, 0.717) is 6.04 Å². The Balaban J connectivity index is 1.78. The molecule has 1 aliphatic heterocycles. The van der Waals surface area contributed by atoms with Crippen molar-refractivity contribution in [2.75, 3.05) is 11.9 Å². The van der Waals surface area contributed by atoms with E-state index in [0.717, 1.165) is 34.6 Å². The molecular formula is C11H14N6S. The molecule has 0 aromatic carbocycles. The molecular weight excluding hydrogens is 248 g/mol. The van der Waals surface area contributed by atoms with Crippen LogP contribution in [-0.4, -0.2) is 26.7 Å². The Morgan fingerprint density at radius 3 is 3.06 bits per heavy atom. The fourth-order valence-electron chi connectivity index (χ4n) is 2.00. The molecule has 6 nitrogen and oxygen atoms in total. The summed E-state index contributed by atoms with van der Waals surface area (Å²) < 4.78 is 0. The number of hydrogen-bond acceptors (Lipinski definition) is 7. The molecule has 94 valence electrons. The maximum Gasteiger partial charge on any atom is 0.211 e. The minimum absolute atomic E-state index is 0.329. The van der Waals surface area contributed by atoms with Crippen LogP contribution in [0.15, 0.2) is 12.4 Å². The lowest BCUT2D eigenvalue weighted by atomic mass is 10.2. The molecule has 0 bridgehead atoms. The van der Waals surface area contributed by atoms with Gasteiger partial charge in [0.25, 0.3) is 0 Å². The van der Waals surface area contributed by atoms with Gasteiger partial charge in [0.2, 0.25) is 5.13 Å². The molecule has 0 spiro atoms. The first-order chi connectivity index (χ1) is 8.81. The lowest BCUT2D eigenvalue weighted by Gasteiger charge is -2.10. The van der Waals surface area contributed by atoms with Crippen LogP contribution < -0.4 is 10.6 Å². The molecule has 0 radical (unpaired) electrons. The smallest absolute Gasteiger partial charge is 0.211 e. The minimum atomic E-state index is 0.329. The first-order valence-electron chi connectivity index (χ1n) is 5.94. The number of anilines is 2. The quantitative estimate of drug-likeness (QED) is 0.878. The summed E-state index contributed by atoms with van der Waals surface area (Å²) in [5, 5.41) is 16.2. The first kappa shape index (κ1) is 11.5. The molecule has 1 aliphatic rings. The second kappa shape index (κ2) is 4.95. The van der Waals surface area contributed by atoms with Gasteiger partial charge >= 0.3 is 0 Å². The van der Waals surface area contributed by atoms with Gasteiger partial charge in [0.15, 0.2) is 5.82 Å². The van der Waals surface area contributed by atoms with E-state index in [1.807, 2.05) is 13.1 Å². The molecule has 7 heteroatoms. The van der Waals surface area contributed by atoms with Crippen LogP contribution in [0.3, 0.4) is 0 Å². The van der Waals surface area contributed by atoms with Gasteiger partial charge in [0.1, 0.15) is 5.01 Å². The Kier molecular flexibility index (Phi) is 3.16. The van der Waals surface area contributed by atoms with Crippen molar-refractivity contribution in [1.29, 1.82) is 0 Å². The summed E-state index contributed by atoms with van der Waals surface area (Å²) in [6.45, 7) is 2.98. The van der Waals surface area contributed by atoms with Crippen LogP contribution in [0.25, 0.3) is 0 Å². The predicted octanol–water partition coefficient (Wildman–Crippen LogP) is 1.80. The number of aryl methyl sites for hydroxylation is 1. The van der Waals surface area contributed by atoms with Gasteiger partial charge in [-0.25, -0.2) is 4.98 Å². The van der Waals surface area contributed by atoms with Crippen LogP contribution in [0, 0.1) is 6.92 Å². The van der Waals surface area contributed by atoms with E-state index in [-0.39, 0.29) is 0 Å². The van der Waals surface area contributed by atoms with Crippen LogP contribution in [0.1, 0.15) is 29.6 Å². The van der Waals surface area contributed by atoms with E-state index in [9.17, 15) is 0 Å². The van der Waals surface area contributed by atoms with Crippen molar-refractivity contribution in [3.05, 3.63) is 23.1 Å². The van der Waals surface area contributed by atoms with Gasteiger partial charge < -0.3 is 10.6 Å². The molecule has 1 saturated heterocycles. The summed E-state index contributed by atoms with van der Waals surface area (Å²) in [6, 6.07) is 0.329. The SMILES string of the molecule is Cc1nnc(Nc2cncc([C@H]3CCCN3)n2)s1. The molecule has 0 unspecified atom stereocenters. The molecule has 2 aromatic rings. The summed E-state index contributed by atoms with van der Waals surface area (Å²) >= 11 is 1.50. The topological polar surface area (TPSA) is 75.6 Å². The molecule has 1 atom stereocenters. The number of nitrogens with zero attached hydrogens (tertiary/aromatic N) is 4. The third kappa shape index (κ3) is 2.46. The molecule has 1 fully saturated rings. The molecule has 18 heavy (non-hydrogen) atoms. The van der Waals surface area contributed by atoms with Crippen LogP contribution >= 0.6 is 11.3 Å². The number of rotatable bonds is 3. The van der Waals surface area contributed by atoms with Gasteiger partial charge in [-0.1, -0.05) is 11.3 Å². The van der Waals surface area contributed by atoms with Gasteiger partial charge in [-0.05, 0) is 26.3 Å². The van der Waals surface area contributed by atoms with Gasteiger partial charge in [-0.15, -0.1) is 10.2 Å². The summed E-state index contributed by atoms with van der Waals surface area (Å²) in [4.78, 5) is 8.79. The van der Waals surface area contributed by atoms with Gasteiger partial charge in [-0.3, -0.25) is 4.98 Å². The molecule has 0 amide bonds. The van der Waals surface area contributed by atoms with Gasteiger partial charge in [-0.2, -0.15) is 0 Å². The number of nitrogens with one attached hydrogen (secondary N) is 2. The normalized spacial score (nSPS) is 19.1. The standard InChI is InChI=1S/C11H14N6S/c1-7-16-17-11(18-7)15-10-6-12-5-9(14-10)8-3-2-4-13-8/h5-6,8,13H,2-4H2,1H3,(H,14,15,17)/t8-/m1/s1. The highest BCUT2D eigenvalue weighted by molar-refractivity contribution is 7.15. The van der Waals surface area contributed by atoms with Crippen LogP contribution in [-0.2, 0) is 0 Å². The third-order valence-electron chi connectivity index (χ3n) is 2.83. The summed E-state index contributed by atoms with van der Waals surface area (Å²) in [6.07, 6.45) is 5.84. The number of aromatic nitrogens is 4. The number of hydrogen-bond donors (Lipinski definition) is 2. The summed E-state index contributed by atoms with van der Waals surface area (Å²) in [5.74, 6) is 0.720. The highest BCUT2D eigenvalue weighted by Gasteiger charge is 2.18. The highest BCUT2D eigenvalue weighted by Crippen LogP contribution is 2.23. The second-order valence-electron chi connectivity index (χ2n) is 4.23.